The summed E-state index contributed by atoms with van der Waals surface area (Å²) in [6.45, 7) is 3.25. The standard InChI is InChI=1S/C21H26N4O4S2/c1-3-4-11-25-19-10-9-17(31(22,27)28)12-18(19)24-21(25)30-14-20(26)23-13-15-5-7-16(29-2)8-6-15/h5-10,12H,3-4,11,13-14H2,1-2H3,(H,23,26)(H2,22,27,28). The van der Waals surface area contributed by atoms with Crippen molar-refractivity contribution in [3.63, 3.8) is 0 Å². The number of unbranched alkanes of at least 4 members (excludes halogenated alkanes) is 1. The van der Waals surface area contributed by atoms with E-state index in [1.165, 1.54) is 23.9 Å². The molecule has 166 valence electrons. The van der Waals surface area contributed by atoms with Crippen molar-refractivity contribution in [3.8, 4) is 5.75 Å². The second-order valence-electron chi connectivity index (χ2n) is 7.01. The van der Waals surface area contributed by atoms with Crippen molar-refractivity contribution in [1.29, 1.82) is 0 Å². The minimum absolute atomic E-state index is 0.0222. The zero-order valence-corrected chi connectivity index (χ0v) is 19.1. The van der Waals surface area contributed by atoms with Gasteiger partial charge in [0.1, 0.15) is 5.75 Å². The molecule has 0 bridgehead atoms. The van der Waals surface area contributed by atoms with Crippen LogP contribution in [-0.2, 0) is 27.9 Å². The van der Waals surface area contributed by atoms with Gasteiger partial charge in [-0.15, -0.1) is 0 Å². The topological polar surface area (TPSA) is 116 Å². The van der Waals surface area contributed by atoms with Crippen molar-refractivity contribution < 1.29 is 17.9 Å². The third-order valence-electron chi connectivity index (χ3n) is 4.73. The third-order valence-corrected chi connectivity index (χ3v) is 6.62. The fraction of sp³-hybridized carbons (Fsp3) is 0.333. The Morgan fingerprint density at radius 1 is 1.23 bits per heavy atom. The van der Waals surface area contributed by atoms with Crippen LogP contribution in [0.4, 0.5) is 0 Å². The molecule has 3 aromatic rings. The lowest BCUT2D eigenvalue weighted by Gasteiger charge is -2.09. The van der Waals surface area contributed by atoms with E-state index in [1.807, 2.05) is 28.8 Å². The first-order valence-corrected chi connectivity index (χ1v) is 12.4. The molecule has 0 saturated heterocycles. The molecule has 2 aromatic carbocycles. The first-order valence-electron chi connectivity index (χ1n) is 9.87. The number of sulfonamides is 1. The Morgan fingerprint density at radius 2 is 1.97 bits per heavy atom. The van der Waals surface area contributed by atoms with Gasteiger partial charge < -0.3 is 14.6 Å². The van der Waals surface area contributed by atoms with E-state index in [1.54, 1.807) is 13.2 Å². The lowest BCUT2D eigenvalue weighted by Crippen LogP contribution is -2.24. The first kappa shape index (κ1) is 23.1. The van der Waals surface area contributed by atoms with Crippen LogP contribution in [-0.4, -0.2) is 36.7 Å². The van der Waals surface area contributed by atoms with Crippen molar-refractivity contribution in [2.24, 2.45) is 5.14 Å². The molecule has 0 radical (unpaired) electrons. The SMILES string of the molecule is CCCCn1c(SCC(=O)NCc2ccc(OC)cc2)nc2cc(S(N)(=O)=O)ccc21. The maximum absolute atomic E-state index is 12.3. The van der Waals surface area contributed by atoms with Gasteiger partial charge in [0.05, 0.1) is 28.8 Å². The molecule has 0 aliphatic rings. The Hall–Kier alpha value is -2.56. The van der Waals surface area contributed by atoms with Crippen LogP contribution in [0.2, 0.25) is 0 Å². The molecule has 0 saturated carbocycles. The van der Waals surface area contributed by atoms with Crippen LogP contribution in [0.5, 0.6) is 5.75 Å². The Labute approximate surface area is 186 Å². The van der Waals surface area contributed by atoms with Gasteiger partial charge >= 0.3 is 0 Å². The van der Waals surface area contributed by atoms with Crippen LogP contribution in [0.1, 0.15) is 25.3 Å². The molecular weight excluding hydrogens is 436 g/mol. The molecule has 8 nitrogen and oxygen atoms in total. The number of hydrogen-bond acceptors (Lipinski definition) is 6. The number of hydrogen-bond donors (Lipinski definition) is 2. The van der Waals surface area contributed by atoms with Crippen LogP contribution < -0.4 is 15.2 Å². The molecule has 3 N–H and O–H groups in total. The summed E-state index contributed by atoms with van der Waals surface area (Å²) in [6, 6.07) is 12.2. The number of aryl methyl sites for hydroxylation is 1. The minimum atomic E-state index is -3.81. The van der Waals surface area contributed by atoms with Gasteiger partial charge in [0.2, 0.25) is 15.9 Å². The predicted octanol–water partition coefficient (Wildman–Crippen LogP) is 2.90. The molecule has 1 amide bonds. The number of benzene rings is 2. The highest BCUT2D eigenvalue weighted by Gasteiger charge is 2.16. The van der Waals surface area contributed by atoms with Gasteiger partial charge in [-0.2, -0.15) is 0 Å². The predicted molar refractivity (Wildman–Crippen MR) is 122 cm³/mol. The molecule has 1 aromatic heterocycles. The second-order valence-corrected chi connectivity index (χ2v) is 9.51. The van der Waals surface area contributed by atoms with Crippen LogP contribution in [0.3, 0.4) is 0 Å². The van der Waals surface area contributed by atoms with E-state index in [9.17, 15) is 13.2 Å². The number of carbonyl (C=O) groups excluding carboxylic acids is 1. The third kappa shape index (κ3) is 5.99. The first-order chi connectivity index (χ1) is 14.8. The van der Waals surface area contributed by atoms with Gasteiger partial charge in [-0.1, -0.05) is 37.2 Å². The smallest absolute Gasteiger partial charge is 0.238 e. The Balaban J connectivity index is 1.70. The maximum Gasteiger partial charge on any atom is 0.238 e. The summed E-state index contributed by atoms with van der Waals surface area (Å²) in [5, 5.41) is 8.82. The number of nitrogens with one attached hydrogen (secondary N) is 1. The lowest BCUT2D eigenvalue weighted by molar-refractivity contribution is -0.118. The molecule has 10 heteroatoms. The molecule has 3 rings (SSSR count). The van der Waals surface area contributed by atoms with Crippen molar-refractivity contribution in [1.82, 2.24) is 14.9 Å². The number of nitrogens with zero attached hydrogens (tertiary/aromatic N) is 2. The van der Waals surface area contributed by atoms with Crippen LogP contribution >= 0.6 is 11.8 Å². The largest absolute Gasteiger partial charge is 0.497 e. The van der Waals surface area contributed by atoms with Gasteiger partial charge in [-0.25, -0.2) is 18.5 Å². The van der Waals surface area contributed by atoms with E-state index < -0.39 is 10.0 Å². The Bertz CT molecular complexity index is 1160. The highest BCUT2D eigenvalue weighted by Crippen LogP contribution is 2.26. The summed E-state index contributed by atoms with van der Waals surface area (Å²) in [6.07, 6.45) is 1.95. The van der Waals surface area contributed by atoms with E-state index >= 15 is 0 Å². The minimum Gasteiger partial charge on any atom is -0.497 e. The average Bonchev–Trinajstić information content (AvgIpc) is 3.11. The van der Waals surface area contributed by atoms with E-state index in [2.05, 4.69) is 17.2 Å². The number of ether oxygens (including phenoxy) is 1. The molecule has 0 aliphatic heterocycles. The summed E-state index contributed by atoms with van der Waals surface area (Å²) >= 11 is 1.33. The highest BCUT2D eigenvalue weighted by atomic mass is 32.2. The molecule has 1 heterocycles. The van der Waals surface area contributed by atoms with E-state index in [0.29, 0.717) is 17.2 Å². The maximum atomic E-state index is 12.3. The molecular formula is C21H26N4O4S2. The number of nitrogens with two attached hydrogens (primary N) is 1. The zero-order chi connectivity index (χ0) is 22.4. The quantitative estimate of drug-likeness (QED) is 0.448. The second kappa shape index (κ2) is 10.2. The molecule has 0 aliphatic carbocycles. The number of methoxy groups -OCH3 is 1. The van der Waals surface area contributed by atoms with Gasteiger partial charge in [-0.05, 0) is 42.3 Å². The average molecular weight is 463 g/mol. The van der Waals surface area contributed by atoms with Gasteiger partial charge in [0.25, 0.3) is 0 Å². The highest BCUT2D eigenvalue weighted by molar-refractivity contribution is 7.99. The summed E-state index contributed by atoms with van der Waals surface area (Å²) in [4.78, 5) is 16.9. The number of rotatable bonds is 10. The number of carbonyl (C=O) groups is 1. The Kier molecular flexibility index (Phi) is 7.58. The Morgan fingerprint density at radius 3 is 2.61 bits per heavy atom. The number of primary sulfonamides is 1. The zero-order valence-electron chi connectivity index (χ0n) is 17.5. The fourth-order valence-corrected chi connectivity index (χ4v) is 4.44. The summed E-state index contributed by atoms with van der Waals surface area (Å²) in [5.41, 5.74) is 2.34. The van der Waals surface area contributed by atoms with E-state index in [0.717, 1.165) is 36.2 Å². The molecule has 0 fully saturated rings. The monoisotopic (exact) mass is 462 g/mol. The fourth-order valence-electron chi connectivity index (χ4n) is 3.03. The summed E-state index contributed by atoms with van der Waals surface area (Å²) in [5.74, 6) is 0.857. The van der Waals surface area contributed by atoms with Crippen molar-refractivity contribution in [2.45, 2.75) is 42.9 Å². The van der Waals surface area contributed by atoms with Gasteiger partial charge in [-0.3, -0.25) is 4.79 Å². The molecule has 0 spiro atoms. The summed E-state index contributed by atoms with van der Waals surface area (Å²) in [7, 11) is -2.20. The van der Waals surface area contributed by atoms with Crippen LogP contribution in [0.25, 0.3) is 11.0 Å². The van der Waals surface area contributed by atoms with E-state index in [-0.39, 0.29) is 16.6 Å². The molecule has 31 heavy (non-hydrogen) atoms. The van der Waals surface area contributed by atoms with Gasteiger partial charge in [0, 0.05) is 13.1 Å². The molecule has 0 unspecified atom stereocenters. The number of amides is 1. The van der Waals surface area contributed by atoms with Crippen molar-refractivity contribution in [3.05, 3.63) is 48.0 Å². The van der Waals surface area contributed by atoms with E-state index in [4.69, 9.17) is 9.88 Å². The normalized spacial score (nSPS) is 11.6. The number of thioether (sulfide) groups is 1. The van der Waals surface area contributed by atoms with Crippen molar-refractivity contribution in [2.75, 3.05) is 12.9 Å². The number of imidazole rings is 1. The van der Waals surface area contributed by atoms with Gasteiger partial charge in [0.15, 0.2) is 5.16 Å². The van der Waals surface area contributed by atoms with Crippen molar-refractivity contribution >= 4 is 38.7 Å². The van der Waals surface area contributed by atoms with Crippen LogP contribution in [0, 0.1) is 0 Å². The number of aromatic nitrogens is 2. The lowest BCUT2D eigenvalue weighted by atomic mass is 10.2. The van der Waals surface area contributed by atoms with Crippen LogP contribution in [0.15, 0.2) is 52.5 Å². The molecule has 0 atom stereocenters. The number of fused-ring (bicyclic) bond motifs is 1. The summed E-state index contributed by atoms with van der Waals surface area (Å²) < 4.78 is 30.5.